The van der Waals surface area contributed by atoms with Crippen molar-refractivity contribution in [3.05, 3.63) is 28.8 Å². The van der Waals surface area contributed by atoms with Gasteiger partial charge in [0.15, 0.2) is 9.84 Å². The number of carbonyl (C=O) groups excluding carboxylic acids is 1. The fourth-order valence-corrected chi connectivity index (χ4v) is 4.61. The molecule has 1 fully saturated rings. The molecule has 0 spiro atoms. The Morgan fingerprint density at radius 3 is 2.81 bits per heavy atom. The summed E-state index contributed by atoms with van der Waals surface area (Å²) in [4.78, 5) is 13.8. The van der Waals surface area contributed by atoms with E-state index in [2.05, 4.69) is 0 Å². The topological polar surface area (TPSA) is 80.5 Å². The minimum atomic E-state index is -3.33. The number of nitrogens with zero attached hydrogens (tertiary/aromatic N) is 1. The lowest BCUT2D eigenvalue weighted by Gasteiger charge is -2.26. The number of sulfone groups is 1. The monoisotopic (exact) mass is 330 g/mol. The molecule has 1 aliphatic heterocycles. The summed E-state index contributed by atoms with van der Waals surface area (Å²) in [6, 6.07) is 5.04. The first kappa shape index (κ1) is 16.1. The van der Waals surface area contributed by atoms with Gasteiger partial charge in [-0.15, -0.1) is 0 Å². The summed E-state index contributed by atoms with van der Waals surface area (Å²) >= 11 is 6.08. The predicted octanol–water partition coefficient (Wildman–Crippen LogP) is 1.85. The van der Waals surface area contributed by atoms with Crippen molar-refractivity contribution in [2.24, 2.45) is 0 Å². The van der Waals surface area contributed by atoms with E-state index in [9.17, 15) is 13.2 Å². The van der Waals surface area contributed by atoms with Crippen LogP contribution in [0.5, 0.6) is 0 Å². The van der Waals surface area contributed by atoms with Crippen molar-refractivity contribution < 1.29 is 13.2 Å². The van der Waals surface area contributed by atoms with Gasteiger partial charge in [-0.3, -0.25) is 4.79 Å². The van der Waals surface area contributed by atoms with Crippen LogP contribution in [-0.2, 0) is 21.2 Å². The molecule has 0 aromatic heterocycles. The third-order valence-corrected chi connectivity index (χ3v) is 6.24. The van der Waals surface area contributed by atoms with Crippen molar-refractivity contribution in [3.63, 3.8) is 0 Å². The molecule has 2 rings (SSSR count). The molecule has 1 aliphatic rings. The summed E-state index contributed by atoms with van der Waals surface area (Å²) in [6.07, 6.45) is 1.80. The van der Waals surface area contributed by atoms with E-state index in [4.69, 9.17) is 17.3 Å². The standard InChI is InChI=1S/C14H19ClN2O3S/c1-17(9-10-8-11(16)5-6-12(10)15)14(18)13-4-2-3-7-21(13,19)20/h5-6,8,13H,2-4,7,9,16H2,1H3. The zero-order valence-electron chi connectivity index (χ0n) is 11.9. The molecule has 0 radical (unpaired) electrons. The Kier molecular flexibility index (Phi) is 4.78. The first-order valence-electron chi connectivity index (χ1n) is 6.82. The van der Waals surface area contributed by atoms with Crippen LogP contribution >= 0.6 is 11.6 Å². The van der Waals surface area contributed by atoms with Crippen molar-refractivity contribution in [2.75, 3.05) is 18.5 Å². The molecule has 7 heteroatoms. The van der Waals surface area contributed by atoms with Gasteiger partial charge in [-0.25, -0.2) is 8.42 Å². The number of carbonyl (C=O) groups is 1. The lowest BCUT2D eigenvalue weighted by molar-refractivity contribution is -0.130. The minimum absolute atomic E-state index is 0.0935. The Morgan fingerprint density at radius 2 is 2.14 bits per heavy atom. The van der Waals surface area contributed by atoms with E-state index in [-0.39, 0.29) is 18.2 Å². The average Bonchev–Trinajstić information content (AvgIpc) is 2.41. The maximum Gasteiger partial charge on any atom is 0.240 e. The van der Waals surface area contributed by atoms with Crippen LogP contribution in [0.3, 0.4) is 0 Å². The van der Waals surface area contributed by atoms with Gasteiger partial charge in [-0.05, 0) is 36.6 Å². The minimum Gasteiger partial charge on any atom is -0.399 e. The first-order chi connectivity index (χ1) is 9.81. The number of rotatable bonds is 3. The van der Waals surface area contributed by atoms with E-state index < -0.39 is 15.1 Å². The highest BCUT2D eigenvalue weighted by Crippen LogP contribution is 2.24. The highest BCUT2D eigenvalue weighted by Gasteiger charge is 2.36. The van der Waals surface area contributed by atoms with Crippen LogP contribution < -0.4 is 5.73 Å². The third-order valence-electron chi connectivity index (χ3n) is 3.71. The number of halogens is 1. The van der Waals surface area contributed by atoms with E-state index in [1.807, 2.05) is 0 Å². The second kappa shape index (κ2) is 6.23. The fourth-order valence-electron chi connectivity index (χ4n) is 2.53. The van der Waals surface area contributed by atoms with Crippen molar-refractivity contribution in [2.45, 2.75) is 31.1 Å². The van der Waals surface area contributed by atoms with Crippen molar-refractivity contribution in [1.29, 1.82) is 0 Å². The number of nitrogen functional groups attached to an aromatic ring is 1. The molecule has 1 amide bonds. The van der Waals surface area contributed by atoms with Crippen LogP contribution in [-0.4, -0.2) is 37.3 Å². The molecule has 1 aromatic carbocycles. The number of benzene rings is 1. The molecule has 0 bridgehead atoms. The molecule has 0 aliphatic carbocycles. The van der Waals surface area contributed by atoms with Gasteiger partial charge >= 0.3 is 0 Å². The number of hydrogen-bond acceptors (Lipinski definition) is 4. The van der Waals surface area contributed by atoms with E-state index in [0.29, 0.717) is 29.1 Å². The molecule has 2 N–H and O–H groups in total. The number of nitrogens with two attached hydrogens (primary N) is 1. The Labute approximate surface area is 130 Å². The molecule has 1 aromatic rings. The van der Waals surface area contributed by atoms with Gasteiger partial charge in [0.05, 0.1) is 5.75 Å². The summed E-state index contributed by atoms with van der Waals surface area (Å²) in [5.74, 6) is -0.274. The molecule has 0 saturated carbocycles. The van der Waals surface area contributed by atoms with Crippen LogP contribution in [0.15, 0.2) is 18.2 Å². The zero-order chi connectivity index (χ0) is 15.6. The molecule has 116 valence electrons. The van der Waals surface area contributed by atoms with E-state index >= 15 is 0 Å². The van der Waals surface area contributed by atoms with E-state index in [1.54, 1.807) is 25.2 Å². The van der Waals surface area contributed by atoms with Crippen LogP contribution in [0.25, 0.3) is 0 Å². The highest BCUT2D eigenvalue weighted by atomic mass is 35.5. The smallest absolute Gasteiger partial charge is 0.240 e. The molecule has 1 atom stereocenters. The Balaban J connectivity index is 2.14. The van der Waals surface area contributed by atoms with Crippen molar-refractivity contribution >= 4 is 33.0 Å². The van der Waals surface area contributed by atoms with Crippen LogP contribution in [0, 0.1) is 0 Å². The third kappa shape index (κ3) is 3.68. The van der Waals surface area contributed by atoms with Crippen LogP contribution in [0.1, 0.15) is 24.8 Å². The summed E-state index contributed by atoms with van der Waals surface area (Å²) in [5, 5.41) is -0.411. The number of hydrogen-bond donors (Lipinski definition) is 1. The summed E-state index contributed by atoms with van der Waals surface area (Å²) < 4.78 is 24.0. The molecule has 5 nitrogen and oxygen atoms in total. The lowest BCUT2D eigenvalue weighted by atomic mass is 10.1. The summed E-state index contributed by atoms with van der Waals surface area (Å²) in [7, 11) is -1.74. The molecular formula is C14H19ClN2O3S. The molecule has 1 unspecified atom stereocenters. The maximum atomic E-state index is 12.4. The predicted molar refractivity (Wildman–Crippen MR) is 83.8 cm³/mol. The molecule has 1 saturated heterocycles. The van der Waals surface area contributed by atoms with Gasteiger partial charge in [0.1, 0.15) is 5.25 Å². The van der Waals surface area contributed by atoms with E-state index in [1.165, 1.54) is 4.90 Å². The molecular weight excluding hydrogens is 312 g/mol. The molecule has 1 heterocycles. The van der Waals surface area contributed by atoms with Crippen molar-refractivity contribution in [3.8, 4) is 0 Å². The second-order valence-corrected chi connectivity index (χ2v) is 8.11. The van der Waals surface area contributed by atoms with Gasteiger partial charge in [0, 0.05) is 24.3 Å². The first-order valence-corrected chi connectivity index (χ1v) is 8.91. The molecule has 21 heavy (non-hydrogen) atoms. The SMILES string of the molecule is CN(Cc1cc(N)ccc1Cl)C(=O)C1CCCCS1(=O)=O. The Morgan fingerprint density at radius 1 is 1.43 bits per heavy atom. The second-order valence-electron chi connectivity index (χ2n) is 5.40. The maximum absolute atomic E-state index is 12.4. The number of amides is 1. The quantitative estimate of drug-likeness (QED) is 0.858. The fraction of sp³-hybridized carbons (Fsp3) is 0.500. The summed E-state index contributed by atoms with van der Waals surface area (Å²) in [5.41, 5.74) is 6.97. The Bertz CT molecular complexity index is 646. The van der Waals surface area contributed by atoms with Gasteiger partial charge < -0.3 is 10.6 Å². The van der Waals surface area contributed by atoms with Crippen molar-refractivity contribution in [1.82, 2.24) is 4.90 Å². The lowest BCUT2D eigenvalue weighted by Crippen LogP contribution is -2.43. The van der Waals surface area contributed by atoms with Gasteiger partial charge in [0.25, 0.3) is 0 Å². The largest absolute Gasteiger partial charge is 0.399 e. The number of anilines is 1. The Hall–Kier alpha value is -1.27. The zero-order valence-corrected chi connectivity index (χ0v) is 13.5. The van der Waals surface area contributed by atoms with Gasteiger partial charge in [0.2, 0.25) is 5.91 Å². The van der Waals surface area contributed by atoms with E-state index in [0.717, 1.165) is 6.42 Å². The van der Waals surface area contributed by atoms with Crippen LogP contribution in [0.4, 0.5) is 5.69 Å². The van der Waals surface area contributed by atoms with Gasteiger partial charge in [-0.1, -0.05) is 18.0 Å². The normalized spacial score (nSPS) is 21.0. The van der Waals surface area contributed by atoms with Gasteiger partial charge in [-0.2, -0.15) is 0 Å². The van der Waals surface area contributed by atoms with Crippen LogP contribution in [0.2, 0.25) is 5.02 Å². The highest BCUT2D eigenvalue weighted by molar-refractivity contribution is 7.92. The summed E-state index contributed by atoms with van der Waals surface area (Å²) in [6.45, 7) is 0.245. The average molecular weight is 331 g/mol.